The minimum Gasteiger partial charge on any atom is -0.329 e. The highest BCUT2D eigenvalue weighted by Gasteiger charge is 2.31. The van der Waals surface area contributed by atoms with E-state index >= 15 is 0 Å². The first kappa shape index (κ1) is 19.3. The lowest BCUT2D eigenvalue weighted by molar-refractivity contribution is -0.125. The van der Waals surface area contributed by atoms with E-state index in [0.717, 1.165) is 16.3 Å². The van der Waals surface area contributed by atoms with Gasteiger partial charge in [-0.2, -0.15) is 4.31 Å². The van der Waals surface area contributed by atoms with Crippen molar-refractivity contribution in [2.24, 2.45) is 0 Å². The number of urea groups is 1. The number of hydrogen-bond donors (Lipinski definition) is 1. The molecule has 26 heavy (non-hydrogen) atoms. The molecule has 0 bridgehead atoms. The average Bonchev–Trinajstić information content (AvgIpc) is 3.11. The van der Waals surface area contributed by atoms with Gasteiger partial charge in [-0.15, -0.1) is 11.3 Å². The van der Waals surface area contributed by atoms with Crippen molar-refractivity contribution >= 4 is 33.3 Å². The number of aryl methyl sites for hydroxylation is 2. The van der Waals surface area contributed by atoms with Gasteiger partial charge in [0.2, 0.25) is 15.9 Å². The molecule has 8 nitrogen and oxygen atoms in total. The minimum atomic E-state index is -3.43. The summed E-state index contributed by atoms with van der Waals surface area (Å²) in [5, 5.41) is 2.50. The van der Waals surface area contributed by atoms with E-state index in [0.29, 0.717) is 44.0 Å². The number of amides is 3. The Morgan fingerprint density at radius 2 is 1.81 bits per heavy atom. The first-order valence-electron chi connectivity index (χ1n) is 8.67. The molecule has 10 heteroatoms. The number of sulfonamides is 1. The molecule has 0 aromatic carbocycles. The SMILES string of the molecule is Cc1cc(S(=O)(=O)N2CCN(CCCN3C(=O)CNC3=O)CC2)c(C)s1. The molecule has 0 unspecified atom stereocenters. The maximum absolute atomic E-state index is 12.8. The first-order valence-corrected chi connectivity index (χ1v) is 10.9. The zero-order chi connectivity index (χ0) is 18.9. The van der Waals surface area contributed by atoms with E-state index in [1.807, 2.05) is 13.8 Å². The van der Waals surface area contributed by atoms with Crippen molar-refractivity contribution in [1.29, 1.82) is 0 Å². The third-order valence-corrected chi connectivity index (χ3v) is 7.86. The van der Waals surface area contributed by atoms with Crippen LogP contribution in [0.5, 0.6) is 0 Å². The second-order valence-corrected chi connectivity index (χ2v) is 9.95. The molecule has 1 aromatic rings. The highest BCUT2D eigenvalue weighted by Crippen LogP contribution is 2.28. The number of carbonyl (C=O) groups excluding carboxylic acids is 2. The lowest BCUT2D eigenvalue weighted by Gasteiger charge is -2.34. The maximum atomic E-state index is 12.8. The fraction of sp³-hybridized carbons (Fsp3) is 0.625. The van der Waals surface area contributed by atoms with Gasteiger partial charge in [-0.1, -0.05) is 0 Å². The predicted octanol–water partition coefficient (Wildman–Crippen LogP) is 0.613. The lowest BCUT2D eigenvalue weighted by atomic mass is 10.3. The number of rotatable bonds is 6. The second-order valence-electron chi connectivity index (χ2n) is 6.58. The van der Waals surface area contributed by atoms with Gasteiger partial charge in [0, 0.05) is 42.5 Å². The molecule has 2 aliphatic heterocycles. The van der Waals surface area contributed by atoms with Crippen LogP contribution < -0.4 is 5.32 Å². The molecular formula is C16H24N4O4S2. The number of hydrogen-bond acceptors (Lipinski definition) is 6. The normalized spacial score (nSPS) is 20.0. The molecule has 2 saturated heterocycles. The van der Waals surface area contributed by atoms with Crippen molar-refractivity contribution < 1.29 is 18.0 Å². The third kappa shape index (κ3) is 3.93. The van der Waals surface area contributed by atoms with E-state index in [9.17, 15) is 18.0 Å². The second kappa shape index (κ2) is 7.63. The molecule has 144 valence electrons. The molecule has 0 radical (unpaired) electrons. The van der Waals surface area contributed by atoms with Crippen LogP contribution in [0.4, 0.5) is 4.79 Å². The highest BCUT2D eigenvalue weighted by atomic mass is 32.2. The van der Waals surface area contributed by atoms with Crippen LogP contribution in [0.15, 0.2) is 11.0 Å². The van der Waals surface area contributed by atoms with Crippen molar-refractivity contribution in [2.75, 3.05) is 45.8 Å². The molecule has 1 aromatic heterocycles. The quantitative estimate of drug-likeness (QED) is 0.707. The summed E-state index contributed by atoms with van der Waals surface area (Å²) < 4.78 is 27.2. The van der Waals surface area contributed by atoms with Gasteiger partial charge in [-0.3, -0.25) is 9.69 Å². The Hall–Kier alpha value is -1.49. The molecule has 2 fully saturated rings. The summed E-state index contributed by atoms with van der Waals surface area (Å²) in [6.07, 6.45) is 0.689. The molecule has 1 N–H and O–H groups in total. The smallest absolute Gasteiger partial charge is 0.324 e. The molecule has 3 amide bonds. The number of carbonyl (C=O) groups is 2. The van der Waals surface area contributed by atoms with Gasteiger partial charge in [0.15, 0.2) is 0 Å². The van der Waals surface area contributed by atoms with E-state index in [4.69, 9.17) is 0 Å². The fourth-order valence-corrected chi connectivity index (χ4v) is 6.28. The van der Waals surface area contributed by atoms with Crippen LogP contribution in [-0.2, 0) is 14.8 Å². The van der Waals surface area contributed by atoms with Gasteiger partial charge in [-0.25, -0.2) is 13.2 Å². The summed E-state index contributed by atoms with van der Waals surface area (Å²) in [7, 11) is -3.43. The molecule has 3 rings (SSSR count). The zero-order valence-corrected chi connectivity index (χ0v) is 16.7. The summed E-state index contributed by atoms with van der Waals surface area (Å²) in [6.45, 7) is 7.20. The zero-order valence-electron chi connectivity index (χ0n) is 15.0. The van der Waals surface area contributed by atoms with Crippen LogP contribution in [0, 0.1) is 13.8 Å². The van der Waals surface area contributed by atoms with Gasteiger partial charge in [0.1, 0.15) is 0 Å². The van der Waals surface area contributed by atoms with Gasteiger partial charge < -0.3 is 10.2 Å². The molecule has 0 atom stereocenters. The van der Waals surface area contributed by atoms with E-state index in [1.54, 1.807) is 10.4 Å². The Morgan fingerprint density at radius 1 is 1.12 bits per heavy atom. The van der Waals surface area contributed by atoms with Crippen LogP contribution in [0.1, 0.15) is 16.2 Å². The Morgan fingerprint density at radius 3 is 2.35 bits per heavy atom. The van der Waals surface area contributed by atoms with Crippen LogP contribution >= 0.6 is 11.3 Å². The van der Waals surface area contributed by atoms with Crippen molar-refractivity contribution in [3.05, 3.63) is 15.8 Å². The number of nitrogens with zero attached hydrogens (tertiary/aromatic N) is 3. The Kier molecular flexibility index (Phi) is 5.66. The van der Waals surface area contributed by atoms with Crippen molar-refractivity contribution in [3.63, 3.8) is 0 Å². The van der Waals surface area contributed by atoms with Crippen LogP contribution in [0.2, 0.25) is 0 Å². The van der Waals surface area contributed by atoms with Crippen LogP contribution in [0.25, 0.3) is 0 Å². The Labute approximate surface area is 157 Å². The monoisotopic (exact) mass is 400 g/mol. The summed E-state index contributed by atoms with van der Waals surface area (Å²) in [5.74, 6) is -0.188. The van der Waals surface area contributed by atoms with Crippen molar-refractivity contribution in [1.82, 2.24) is 19.4 Å². The van der Waals surface area contributed by atoms with Crippen molar-refractivity contribution in [3.8, 4) is 0 Å². The molecule has 3 heterocycles. The van der Waals surface area contributed by atoms with Crippen LogP contribution in [0.3, 0.4) is 0 Å². The Balaban J connectivity index is 1.49. The van der Waals surface area contributed by atoms with E-state index < -0.39 is 10.0 Å². The molecule has 0 aliphatic carbocycles. The van der Waals surface area contributed by atoms with Gasteiger partial charge in [0.25, 0.3) is 0 Å². The maximum Gasteiger partial charge on any atom is 0.324 e. The summed E-state index contributed by atoms with van der Waals surface area (Å²) in [4.78, 5) is 28.7. The summed E-state index contributed by atoms with van der Waals surface area (Å²) in [6, 6.07) is 1.42. The summed E-state index contributed by atoms with van der Waals surface area (Å²) in [5.41, 5.74) is 0. The van der Waals surface area contributed by atoms with Crippen LogP contribution in [-0.4, -0.2) is 80.3 Å². The number of piperazine rings is 1. The first-order chi connectivity index (χ1) is 12.3. The van der Waals surface area contributed by atoms with Gasteiger partial charge in [0.05, 0.1) is 11.4 Å². The summed E-state index contributed by atoms with van der Waals surface area (Å²) >= 11 is 1.50. The van der Waals surface area contributed by atoms with E-state index in [2.05, 4.69) is 10.2 Å². The standard InChI is InChI=1S/C16H24N4O4S2/c1-12-10-14(13(2)25-12)26(23,24)19-8-6-18(7-9-19)4-3-5-20-15(21)11-17-16(20)22/h10H,3-9,11H2,1-2H3,(H,17,22). The van der Waals surface area contributed by atoms with Gasteiger partial charge >= 0.3 is 6.03 Å². The van der Waals surface area contributed by atoms with E-state index in [1.165, 1.54) is 16.2 Å². The minimum absolute atomic E-state index is 0.0802. The Bertz CT molecular complexity index is 781. The number of thiophene rings is 1. The highest BCUT2D eigenvalue weighted by molar-refractivity contribution is 7.89. The van der Waals surface area contributed by atoms with E-state index in [-0.39, 0.29) is 18.5 Å². The molecular weight excluding hydrogens is 376 g/mol. The lowest BCUT2D eigenvalue weighted by Crippen LogP contribution is -2.49. The molecule has 2 aliphatic rings. The third-order valence-electron chi connectivity index (χ3n) is 4.74. The molecule has 0 saturated carbocycles. The largest absolute Gasteiger partial charge is 0.329 e. The van der Waals surface area contributed by atoms with Crippen molar-refractivity contribution in [2.45, 2.75) is 25.2 Å². The average molecular weight is 401 g/mol. The topological polar surface area (TPSA) is 90.0 Å². The predicted molar refractivity (Wildman–Crippen MR) is 98.7 cm³/mol. The molecule has 0 spiro atoms. The number of imide groups is 1. The number of nitrogens with one attached hydrogen (secondary N) is 1. The fourth-order valence-electron chi connectivity index (χ4n) is 3.33. The van der Waals surface area contributed by atoms with Gasteiger partial charge in [-0.05, 0) is 32.9 Å².